The lowest BCUT2D eigenvalue weighted by molar-refractivity contribution is -0.150. The van der Waals surface area contributed by atoms with Crippen LogP contribution in [0.4, 0.5) is 0 Å². The number of ether oxygens (including phenoxy) is 1. The molecule has 1 aliphatic rings. The van der Waals surface area contributed by atoms with Gasteiger partial charge in [-0.15, -0.1) is 0 Å². The third-order valence-corrected chi connectivity index (χ3v) is 6.04. The molecule has 0 aromatic heterocycles. The second-order valence-corrected chi connectivity index (χ2v) is 9.76. The normalized spacial score (nSPS) is 17.2. The third kappa shape index (κ3) is 12.0. The lowest BCUT2D eigenvalue weighted by atomic mass is 10.0. The van der Waals surface area contributed by atoms with E-state index in [4.69, 9.17) is 0 Å². The summed E-state index contributed by atoms with van der Waals surface area (Å²) in [5, 5.41) is 9.70. The number of methoxy groups -OCH3 is 1. The first-order valence-electron chi connectivity index (χ1n) is 12.4. The van der Waals surface area contributed by atoms with Crippen LogP contribution >= 0.6 is 0 Å². The molecule has 0 fully saturated rings. The zero-order valence-corrected chi connectivity index (χ0v) is 21.6. The van der Waals surface area contributed by atoms with Crippen LogP contribution in [0.3, 0.4) is 0 Å². The zero-order valence-electron chi connectivity index (χ0n) is 21.6. The predicted molar refractivity (Wildman–Crippen MR) is 136 cm³/mol. The maximum absolute atomic E-state index is 12.5. The van der Waals surface area contributed by atoms with Gasteiger partial charge in [0, 0.05) is 25.1 Å². The number of hydrogen-bond acceptors (Lipinski definition) is 4. The minimum Gasteiger partial charge on any atom is -0.467 e. The molecule has 0 saturated heterocycles. The van der Waals surface area contributed by atoms with Gasteiger partial charge in [0.2, 0.25) is 5.91 Å². The predicted octanol–water partition coefficient (Wildman–Crippen LogP) is 5.76. The smallest absolute Gasteiger partial charge is 0.335 e. The van der Waals surface area contributed by atoms with Gasteiger partial charge in [0.1, 0.15) is 0 Å². The number of allylic oxidation sites excluding steroid dienone is 5. The van der Waals surface area contributed by atoms with Gasteiger partial charge in [-0.1, -0.05) is 62.3 Å². The summed E-state index contributed by atoms with van der Waals surface area (Å²) < 4.78 is 4.54. The molecule has 1 amide bonds. The molecule has 1 rings (SSSR count). The van der Waals surface area contributed by atoms with Gasteiger partial charge < -0.3 is 14.7 Å². The fourth-order valence-electron chi connectivity index (χ4n) is 3.76. The molecule has 1 N–H and O–H groups in total. The standard InChI is InChI=1S/C28H45NO4/c1-21(2)16-18-29-19-17-25(27(29)31)15-9-13-23(4)11-7-10-22(3)12-8-14-24(5)20-26(30)28(32)33-6/h7,10-11,14,17,21-22,26,30H,8-9,12-13,15-16,18-20H2,1-6H3. The van der Waals surface area contributed by atoms with Gasteiger partial charge in [0.05, 0.1) is 7.11 Å². The van der Waals surface area contributed by atoms with Crippen molar-refractivity contribution in [2.45, 2.75) is 85.7 Å². The van der Waals surface area contributed by atoms with Crippen molar-refractivity contribution in [2.75, 3.05) is 20.2 Å². The molecule has 186 valence electrons. The van der Waals surface area contributed by atoms with E-state index < -0.39 is 12.1 Å². The Hall–Kier alpha value is -2.14. The Balaban J connectivity index is 2.28. The average molecular weight is 460 g/mol. The van der Waals surface area contributed by atoms with E-state index in [0.29, 0.717) is 18.3 Å². The second-order valence-electron chi connectivity index (χ2n) is 9.76. The number of nitrogens with zero attached hydrogens (tertiary/aromatic N) is 1. The Bertz CT molecular complexity index is 745. The first kappa shape index (κ1) is 28.9. The van der Waals surface area contributed by atoms with Crippen LogP contribution in [-0.2, 0) is 14.3 Å². The van der Waals surface area contributed by atoms with E-state index in [1.807, 2.05) is 11.8 Å². The van der Waals surface area contributed by atoms with Gasteiger partial charge in [-0.3, -0.25) is 4.79 Å². The SMILES string of the molecule is COC(=O)C(O)CC(C)=CCCC(C)C=CC=C(C)CCCC1=CCN(CCC(C)C)C1=O. The maximum Gasteiger partial charge on any atom is 0.335 e. The molecule has 2 unspecified atom stereocenters. The fraction of sp³-hybridized carbons (Fsp3) is 0.643. The number of aliphatic hydroxyl groups is 1. The number of rotatable bonds is 15. The highest BCUT2D eigenvalue weighted by molar-refractivity contribution is 5.95. The van der Waals surface area contributed by atoms with E-state index in [9.17, 15) is 14.7 Å². The van der Waals surface area contributed by atoms with Crippen LogP contribution in [0.25, 0.3) is 0 Å². The fourth-order valence-corrected chi connectivity index (χ4v) is 3.76. The van der Waals surface area contributed by atoms with Crippen molar-refractivity contribution >= 4 is 11.9 Å². The van der Waals surface area contributed by atoms with Crippen LogP contribution in [0.2, 0.25) is 0 Å². The Morgan fingerprint density at radius 2 is 1.94 bits per heavy atom. The molecule has 33 heavy (non-hydrogen) atoms. The summed E-state index contributed by atoms with van der Waals surface area (Å²) in [6.07, 6.45) is 15.8. The van der Waals surface area contributed by atoms with Gasteiger partial charge in [-0.05, 0) is 64.2 Å². The summed E-state index contributed by atoms with van der Waals surface area (Å²) in [5.74, 6) is 0.714. The zero-order chi connectivity index (χ0) is 24.8. The first-order chi connectivity index (χ1) is 15.6. The summed E-state index contributed by atoms with van der Waals surface area (Å²) in [6.45, 7) is 12.3. The molecule has 5 heteroatoms. The Morgan fingerprint density at radius 1 is 1.21 bits per heavy atom. The van der Waals surface area contributed by atoms with E-state index >= 15 is 0 Å². The Morgan fingerprint density at radius 3 is 2.61 bits per heavy atom. The van der Waals surface area contributed by atoms with Crippen molar-refractivity contribution in [1.82, 2.24) is 4.90 Å². The van der Waals surface area contributed by atoms with Gasteiger partial charge in [-0.25, -0.2) is 4.79 Å². The van der Waals surface area contributed by atoms with Gasteiger partial charge in [0.15, 0.2) is 6.10 Å². The molecule has 0 bridgehead atoms. The lowest BCUT2D eigenvalue weighted by Gasteiger charge is -2.17. The van der Waals surface area contributed by atoms with E-state index in [1.165, 1.54) is 12.7 Å². The van der Waals surface area contributed by atoms with Crippen molar-refractivity contribution in [3.8, 4) is 0 Å². The molecule has 0 aromatic carbocycles. The second kappa shape index (κ2) is 15.7. The highest BCUT2D eigenvalue weighted by atomic mass is 16.5. The van der Waals surface area contributed by atoms with Crippen LogP contribution in [0, 0.1) is 11.8 Å². The van der Waals surface area contributed by atoms with Crippen LogP contribution in [0.15, 0.2) is 47.1 Å². The monoisotopic (exact) mass is 459 g/mol. The number of hydrogen-bond donors (Lipinski definition) is 1. The summed E-state index contributed by atoms with van der Waals surface area (Å²) in [6, 6.07) is 0. The van der Waals surface area contributed by atoms with E-state index in [1.54, 1.807) is 0 Å². The summed E-state index contributed by atoms with van der Waals surface area (Å²) in [5.41, 5.74) is 3.31. The summed E-state index contributed by atoms with van der Waals surface area (Å²) >= 11 is 0. The number of carbonyl (C=O) groups excluding carboxylic acids is 2. The first-order valence-corrected chi connectivity index (χ1v) is 12.4. The van der Waals surface area contributed by atoms with Crippen molar-refractivity contribution in [2.24, 2.45) is 11.8 Å². The molecule has 0 saturated carbocycles. The minimum atomic E-state index is -1.08. The molecule has 0 spiro atoms. The molecule has 0 aromatic rings. The quantitative estimate of drug-likeness (QED) is 0.192. The van der Waals surface area contributed by atoms with Crippen molar-refractivity contribution in [3.05, 3.63) is 47.1 Å². The molecular formula is C28H45NO4. The summed E-state index contributed by atoms with van der Waals surface area (Å²) in [7, 11) is 1.28. The summed E-state index contributed by atoms with van der Waals surface area (Å²) in [4.78, 5) is 25.7. The molecule has 0 radical (unpaired) electrons. The highest BCUT2D eigenvalue weighted by Gasteiger charge is 2.22. The van der Waals surface area contributed by atoms with Crippen LogP contribution < -0.4 is 0 Å². The maximum atomic E-state index is 12.5. The van der Waals surface area contributed by atoms with Crippen molar-refractivity contribution in [1.29, 1.82) is 0 Å². The molecular weight excluding hydrogens is 414 g/mol. The highest BCUT2D eigenvalue weighted by Crippen LogP contribution is 2.20. The average Bonchev–Trinajstić information content (AvgIpc) is 3.10. The van der Waals surface area contributed by atoms with Gasteiger partial charge >= 0.3 is 5.97 Å². The van der Waals surface area contributed by atoms with Gasteiger partial charge in [0.25, 0.3) is 0 Å². The van der Waals surface area contributed by atoms with E-state index in [-0.39, 0.29) is 5.91 Å². The van der Waals surface area contributed by atoms with Crippen LogP contribution in [0.5, 0.6) is 0 Å². The number of esters is 1. The molecule has 0 aliphatic carbocycles. The Kier molecular flexibility index (Phi) is 13.7. The Labute approximate surface area is 201 Å². The van der Waals surface area contributed by atoms with Crippen LogP contribution in [0.1, 0.15) is 79.6 Å². The number of amides is 1. The minimum absolute atomic E-state index is 0.232. The largest absolute Gasteiger partial charge is 0.467 e. The third-order valence-electron chi connectivity index (χ3n) is 6.04. The molecule has 5 nitrogen and oxygen atoms in total. The van der Waals surface area contributed by atoms with E-state index in [0.717, 1.165) is 62.8 Å². The van der Waals surface area contributed by atoms with Crippen molar-refractivity contribution in [3.63, 3.8) is 0 Å². The number of carbonyl (C=O) groups is 2. The molecule has 2 atom stereocenters. The lowest BCUT2D eigenvalue weighted by Crippen LogP contribution is -2.28. The molecule has 1 heterocycles. The topological polar surface area (TPSA) is 66.8 Å². The van der Waals surface area contributed by atoms with Crippen molar-refractivity contribution < 1.29 is 19.4 Å². The van der Waals surface area contributed by atoms with E-state index in [2.05, 4.69) is 62.8 Å². The van der Waals surface area contributed by atoms with Gasteiger partial charge in [-0.2, -0.15) is 0 Å². The number of aliphatic hydroxyl groups excluding tert-OH is 1. The molecule has 1 aliphatic heterocycles. The van der Waals surface area contributed by atoms with Crippen LogP contribution in [-0.4, -0.2) is 48.2 Å².